The lowest BCUT2D eigenvalue weighted by atomic mass is 10.1. The highest BCUT2D eigenvalue weighted by Crippen LogP contribution is 2.21. The minimum absolute atomic E-state index is 0.521. The lowest BCUT2D eigenvalue weighted by Gasteiger charge is -2.27. The van der Waals surface area contributed by atoms with Crippen molar-refractivity contribution in [3.8, 4) is 0 Å². The molecule has 2 heterocycles. The Morgan fingerprint density at radius 2 is 2.24 bits per heavy atom. The largest absolute Gasteiger partial charge is 0.379 e. The number of ether oxygens (including phenoxy) is 1. The fraction of sp³-hybridized carbons (Fsp3) is 0.750. The summed E-state index contributed by atoms with van der Waals surface area (Å²) in [6, 6.07) is 0. The Morgan fingerprint density at radius 3 is 2.95 bits per heavy atom. The van der Waals surface area contributed by atoms with Crippen molar-refractivity contribution in [2.24, 2.45) is 5.92 Å². The first-order chi connectivity index (χ1) is 10.1. The Bertz CT molecular complexity index is 450. The molecule has 1 aromatic rings. The molecule has 0 amide bonds. The second kappa shape index (κ2) is 7.71. The van der Waals surface area contributed by atoms with Gasteiger partial charge in [-0.25, -0.2) is 9.97 Å². The summed E-state index contributed by atoms with van der Waals surface area (Å²) in [5.74, 6) is 2.48. The van der Waals surface area contributed by atoms with Gasteiger partial charge in [0.25, 0.3) is 0 Å². The van der Waals surface area contributed by atoms with Crippen LogP contribution in [0.4, 0.5) is 5.82 Å². The molecule has 1 aliphatic rings. The molecule has 2 rings (SSSR count). The number of aromatic nitrogens is 2. The van der Waals surface area contributed by atoms with Crippen molar-refractivity contribution in [1.82, 2.24) is 14.9 Å². The molecule has 21 heavy (non-hydrogen) atoms. The number of hydrogen-bond donors (Lipinski definition) is 0. The molecule has 5 heteroatoms. The molecule has 1 aliphatic heterocycles. The first-order valence-corrected chi connectivity index (χ1v) is 7.90. The van der Waals surface area contributed by atoms with Gasteiger partial charge in [-0.2, -0.15) is 0 Å². The quantitative estimate of drug-likeness (QED) is 0.827. The van der Waals surface area contributed by atoms with Crippen LogP contribution in [0.2, 0.25) is 0 Å². The van der Waals surface area contributed by atoms with E-state index in [1.807, 2.05) is 13.1 Å². The van der Waals surface area contributed by atoms with Crippen LogP contribution in [0.3, 0.4) is 0 Å². The first-order valence-electron chi connectivity index (χ1n) is 7.90. The van der Waals surface area contributed by atoms with Gasteiger partial charge in [0.2, 0.25) is 0 Å². The van der Waals surface area contributed by atoms with Crippen molar-refractivity contribution in [1.29, 1.82) is 0 Å². The highest BCUT2D eigenvalue weighted by atomic mass is 16.5. The summed E-state index contributed by atoms with van der Waals surface area (Å²) in [6.45, 7) is 8.74. The summed E-state index contributed by atoms with van der Waals surface area (Å²) >= 11 is 0. The summed E-state index contributed by atoms with van der Waals surface area (Å²) < 4.78 is 5.78. The number of hydrogen-bond acceptors (Lipinski definition) is 5. The third kappa shape index (κ3) is 4.64. The van der Waals surface area contributed by atoms with Crippen LogP contribution in [0, 0.1) is 12.8 Å². The van der Waals surface area contributed by atoms with Crippen LogP contribution in [-0.4, -0.2) is 61.8 Å². The third-order valence-corrected chi connectivity index (χ3v) is 3.74. The number of aryl methyl sites for hydroxylation is 2. The van der Waals surface area contributed by atoms with E-state index in [1.54, 1.807) is 0 Å². The molecular formula is C16H28N4O. The van der Waals surface area contributed by atoms with Crippen LogP contribution in [0.5, 0.6) is 0 Å². The molecule has 0 aromatic carbocycles. The molecule has 118 valence electrons. The van der Waals surface area contributed by atoms with Gasteiger partial charge in [0.05, 0.1) is 13.2 Å². The fourth-order valence-electron chi connectivity index (χ4n) is 2.90. The molecule has 0 bridgehead atoms. The monoisotopic (exact) mass is 292 g/mol. The van der Waals surface area contributed by atoms with Gasteiger partial charge < -0.3 is 14.5 Å². The van der Waals surface area contributed by atoms with E-state index in [1.165, 1.54) is 5.56 Å². The molecule has 0 unspecified atom stereocenters. The van der Waals surface area contributed by atoms with Gasteiger partial charge in [-0.15, -0.1) is 0 Å². The molecule has 0 saturated carbocycles. The zero-order chi connectivity index (χ0) is 15.2. The maximum atomic E-state index is 5.78. The normalized spacial score (nSPS) is 19.9. The average molecular weight is 292 g/mol. The molecule has 5 nitrogen and oxygen atoms in total. The van der Waals surface area contributed by atoms with Gasteiger partial charge in [-0.3, -0.25) is 0 Å². The molecule has 1 saturated heterocycles. The average Bonchev–Trinajstić information content (AvgIpc) is 2.66. The van der Waals surface area contributed by atoms with E-state index in [4.69, 9.17) is 9.72 Å². The maximum absolute atomic E-state index is 5.78. The minimum atomic E-state index is 0.521. The van der Waals surface area contributed by atoms with Crippen molar-refractivity contribution in [3.63, 3.8) is 0 Å². The predicted octanol–water partition coefficient (Wildman–Crippen LogP) is 1.75. The molecule has 1 aromatic heterocycles. The SMILES string of the molecule is CCCc1cnc(C)nc1N1CCOC[C@H](CN(C)C)C1. The predicted molar refractivity (Wildman–Crippen MR) is 85.8 cm³/mol. The molecule has 0 radical (unpaired) electrons. The Hall–Kier alpha value is -1.20. The van der Waals surface area contributed by atoms with Crippen LogP contribution < -0.4 is 4.90 Å². The van der Waals surface area contributed by atoms with Crippen molar-refractivity contribution < 1.29 is 4.74 Å². The van der Waals surface area contributed by atoms with Gasteiger partial charge in [-0.1, -0.05) is 13.3 Å². The second-order valence-corrected chi connectivity index (χ2v) is 6.17. The zero-order valence-corrected chi connectivity index (χ0v) is 13.8. The summed E-state index contributed by atoms with van der Waals surface area (Å²) in [7, 11) is 4.24. The van der Waals surface area contributed by atoms with Crippen LogP contribution in [-0.2, 0) is 11.2 Å². The Labute approximate surface area is 128 Å². The third-order valence-electron chi connectivity index (χ3n) is 3.74. The highest BCUT2D eigenvalue weighted by Gasteiger charge is 2.22. The van der Waals surface area contributed by atoms with E-state index in [2.05, 4.69) is 35.8 Å². The van der Waals surface area contributed by atoms with Crippen LogP contribution in [0.25, 0.3) is 0 Å². The fourth-order valence-corrected chi connectivity index (χ4v) is 2.90. The van der Waals surface area contributed by atoms with Gasteiger partial charge in [-0.05, 0) is 27.4 Å². The Kier molecular flexibility index (Phi) is 5.94. The van der Waals surface area contributed by atoms with Crippen molar-refractivity contribution in [2.75, 3.05) is 51.8 Å². The van der Waals surface area contributed by atoms with E-state index in [0.29, 0.717) is 5.92 Å². The summed E-state index contributed by atoms with van der Waals surface area (Å²) in [6.07, 6.45) is 4.14. The number of nitrogens with zero attached hydrogens (tertiary/aromatic N) is 4. The lowest BCUT2D eigenvalue weighted by molar-refractivity contribution is 0.113. The van der Waals surface area contributed by atoms with Crippen molar-refractivity contribution in [2.45, 2.75) is 26.7 Å². The second-order valence-electron chi connectivity index (χ2n) is 6.17. The Morgan fingerprint density at radius 1 is 1.43 bits per heavy atom. The summed E-state index contributed by atoms with van der Waals surface area (Å²) in [4.78, 5) is 13.7. The number of anilines is 1. The van der Waals surface area contributed by atoms with E-state index < -0.39 is 0 Å². The van der Waals surface area contributed by atoms with E-state index >= 15 is 0 Å². The highest BCUT2D eigenvalue weighted by molar-refractivity contribution is 5.46. The minimum Gasteiger partial charge on any atom is -0.379 e. The summed E-state index contributed by atoms with van der Waals surface area (Å²) in [5, 5.41) is 0. The first kappa shape index (κ1) is 16.2. The van der Waals surface area contributed by atoms with E-state index in [9.17, 15) is 0 Å². The van der Waals surface area contributed by atoms with Crippen LogP contribution in [0.1, 0.15) is 24.7 Å². The van der Waals surface area contributed by atoms with E-state index in [-0.39, 0.29) is 0 Å². The smallest absolute Gasteiger partial charge is 0.135 e. The van der Waals surface area contributed by atoms with Gasteiger partial charge in [0.15, 0.2) is 0 Å². The van der Waals surface area contributed by atoms with Gasteiger partial charge in [0, 0.05) is 37.3 Å². The molecule has 1 atom stereocenters. The van der Waals surface area contributed by atoms with Gasteiger partial charge in [0.1, 0.15) is 11.6 Å². The van der Waals surface area contributed by atoms with Gasteiger partial charge >= 0.3 is 0 Å². The molecule has 0 aliphatic carbocycles. The zero-order valence-electron chi connectivity index (χ0n) is 13.8. The molecule has 0 N–H and O–H groups in total. The summed E-state index contributed by atoms with van der Waals surface area (Å²) in [5.41, 5.74) is 1.26. The maximum Gasteiger partial charge on any atom is 0.135 e. The topological polar surface area (TPSA) is 41.5 Å². The molecular weight excluding hydrogens is 264 g/mol. The molecule has 1 fully saturated rings. The van der Waals surface area contributed by atoms with Crippen LogP contribution >= 0.6 is 0 Å². The van der Waals surface area contributed by atoms with Crippen molar-refractivity contribution in [3.05, 3.63) is 17.6 Å². The standard InChI is InChI=1S/C16H28N4O/c1-5-6-15-9-17-13(2)18-16(15)20-7-8-21-12-14(11-20)10-19(3)4/h9,14H,5-8,10-12H2,1-4H3/t14-/m1/s1. The molecule has 0 spiro atoms. The lowest BCUT2D eigenvalue weighted by Crippen LogP contribution is -2.36. The van der Waals surface area contributed by atoms with E-state index in [0.717, 1.165) is 57.3 Å². The van der Waals surface area contributed by atoms with Crippen molar-refractivity contribution >= 4 is 5.82 Å². The Balaban J connectivity index is 2.19. The number of rotatable bonds is 5. The van der Waals surface area contributed by atoms with Crippen LogP contribution in [0.15, 0.2) is 6.20 Å².